The third-order valence-electron chi connectivity index (χ3n) is 2.64. The molecule has 0 bridgehead atoms. The van der Waals surface area contributed by atoms with E-state index in [9.17, 15) is 0 Å². The van der Waals surface area contributed by atoms with Crippen LogP contribution < -0.4 is 5.32 Å². The number of benzene rings is 1. The highest BCUT2D eigenvalue weighted by atomic mass is 32.2. The van der Waals surface area contributed by atoms with E-state index in [4.69, 9.17) is 0 Å². The second-order valence-electron chi connectivity index (χ2n) is 4.54. The molecule has 82 valence electrons. The zero-order valence-corrected chi connectivity index (χ0v) is 10.3. The van der Waals surface area contributed by atoms with E-state index >= 15 is 0 Å². The van der Waals surface area contributed by atoms with Crippen molar-refractivity contribution in [3.8, 4) is 0 Å². The van der Waals surface area contributed by atoms with Crippen LogP contribution in [0.1, 0.15) is 30.3 Å². The molecule has 1 unspecified atom stereocenters. The maximum Gasteiger partial charge on any atom is 0.0790 e. The van der Waals surface area contributed by atoms with Crippen molar-refractivity contribution in [1.82, 2.24) is 5.32 Å². The summed E-state index contributed by atoms with van der Waals surface area (Å²) < 4.78 is 0. The van der Waals surface area contributed by atoms with E-state index in [1.807, 2.05) is 11.8 Å². The van der Waals surface area contributed by atoms with Gasteiger partial charge >= 0.3 is 0 Å². The molecule has 1 saturated heterocycles. The predicted molar refractivity (Wildman–Crippen MR) is 68.2 cm³/mol. The first kappa shape index (κ1) is 11.0. The summed E-state index contributed by atoms with van der Waals surface area (Å²) in [5.41, 5.74) is 2.88. The second kappa shape index (κ2) is 5.04. The third-order valence-corrected chi connectivity index (χ3v) is 3.85. The van der Waals surface area contributed by atoms with Crippen molar-refractivity contribution in [2.45, 2.75) is 25.6 Å². The topological polar surface area (TPSA) is 12.0 Å². The van der Waals surface area contributed by atoms with E-state index in [1.54, 1.807) is 0 Å². The summed E-state index contributed by atoms with van der Waals surface area (Å²) >= 11 is 2.00. The zero-order valence-electron chi connectivity index (χ0n) is 9.49. The average molecular weight is 221 g/mol. The molecule has 2 heteroatoms. The van der Waals surface area contributed by atoms with Gasteiger partial charge < -0.3 is 5.32 Å². The lowest BCUT2D eigenvalue weighted by atomic mass is 10.0. The van der Waals surface area contributed by atoms with Crippen molar-refractivity contribution in [3.63, 3.8) is 0 Å². The Kier molecular flexibility index (Phi) is 3.71. The lowest BCUT2D eigenvalue weighted by molar-refractivity contribution is 0.647. The molecule has 1 nitrogen and oxygen atoms in total. The normalized spacial score (nSPS) is 21.1. The van der Waals surface area contributed by atoms with Crippen LogP contribution in [-0.2, 0) is 6.42 Å². The highest BCUT2D eigenvalue weighted by Gasteiger charge is 2.15. The fourth-order valence-corrected chi connectivity index (χ4v) is 3.00. The van der Waals surface area contributed by atoms with Gasteiger partial charge in [-0.05, 0) is 23.5 Å². The van der Waals surface area contributed by atoms with Crippen LogP contribution >= 0.6 is 11.8 Å². The summed E-state index contributed by atoms with van der Waals surface area (Å²) in [5, 5.41) is 4.02. The van der Waals surface area contributed by atoms with Crippen LogP contribution in [-0.4, -0.2) is 12.3 Å². The van der Waals surface area contributed by atoms with Gasteiger partial charge in [0.15, 0.2) is 0 Å². The molecule has 0 amide bonds. The third kappa shape index (κ3) is 2.99. The SMILES string of the molecule is CC(C)Cc1ccc(C2NCCS2)cc1. The van der Waals surface area contributed by atoms with E-state index in [2.05, 4.69) is 43.4 Å². The number of hydrogen-bond acceptors (Lipinski definition) is 2. The summed E-state index contributed by atoms with van der Waals surface area (Å²) in [4.78, 5) is 0. The van der Waals surface area contributed by atoms with Gasteiger partial charge in [-0.1, -0.05) is 38.1 Å². The fourth-order valence-electron chi connectivity index (χ4n) is 1.94. The van der Waals surface area contributed by atoms with Crippen LogP contribution in [0.15, 0.2) is 24.3 Å². The summed E-state index contributed by atoms with van der Waals surface area (Å²) in [6.07, 6.45) is 1.19. The van der Waals surface area contributed by atoms with Crippen LogP contribution in [0.25, 0.3) is 0 Å². The molecular formula is C13H19NS. The van der Waals surface area contributed by atoms with Crippen molar-refractivity contribution in [1.29, 1.82) is 0 Å². The maximum atomic E-state index is 3.50. The number of thioether (sulfide) groups is 1. The van der Waals surface area contributed by atoms with Gasteiger partial charge in [0.25, 0.3) is 0 Å². The zero-order chi connectivity index (χ0) is 10.7. The molecule has 1 aliphatic heterocycles. The lowest BCUT2D eigenvalue weighted by Crippen LogP contribution is -2.11. The summed E-state index contributed by atoms with van der Waals surface area (Å²) in [7, 11) is 0. The maximum absolute atomic E-state index is 3.50. The number of rotatable bonds is 3. The van der Waals surface area contributed by atoms with Crippen molar-refractivity contribution in [2.75, 3.05) is 12.3 Å². The number of nitrogens with one attached hydrogen (secondary N) is 1. The molecule has 0 saturated carbocycles. The quantitative estimate of drug-likeness (QED) is 0.841. The van der Waals surface area contributed by atoms with Crippen LogP contribution in [0.3, 0.4) is 0 Å². The van der Waals surface area contributed by atoms with E-state index in [0.29, 0.717) is 5.37 Å². The highest BCUT2D eigenvalue weighted by molar-refractivity contribution is 7.99. The summed E-state index contributed by atoms with van der Waals surface area (Å²) in [6, 6.07) is 9.09. The van der Waals surface area contributed by atoms with E-state index < -0.39 is 0 Å². The molecule has 0 aromatic heterocycles. The van der Waals surface area contributed by atoms with Gasteiger partial charge in [-0.15, -0.1) is 11.8 Å². The van der Waals surface area contributed by atoms with Crippen LogP contribution in [0, 0.1) is 5.92 Å². The van der Waals surface area contributed by atoms with Gasteiger partial charge in [0, 0.05) is 12.3 Å². The van der Waals surface area contributed by atoms with Gasteiger partial charge in [0.05, 0.1) is 5.37 Å². The van der Waals surface area contributed by atoms with Crippen molar-refractivity contribution < 1.29 is 0 Å². The minimum Gasteiger partial charge on any atom is -0.301 e. The molecule has 1 heterocycles. The Morgan fingerprint density at radius 3 is 2.60 bits per heavy atom. The first-order valence-corrected chi connectivity index (χ1v) is 6.74. The van der Waals surface area contributed by atoms with Crippen LogP contribution in [0.5, 0.6) is 0 Å². The molecule has 0 aliphatic carbocycles. The average Bonchev–Trinajstić information content (AvgIpc) is 2.71. The molecule has 1 fully saturated rings. The Morgan fingerprint density at radius 2 is 2.07 bits per heavy atom. The van der Waals surface area contributed by atoms with Gasteiger partial charge in [-0.25, -0.2) is 0 Å². The molecule has 1 aromatic carbocycles. The molecule has 1 aromatic rings. The smallest absolute Gasteiger partial charge is 0.0790 e. The minimum atomic E-state index is 0.526. The molecule has 1 atom stereocenters. The Balaban J connectivity index is 2.03. The fraction of sp³-hybridized carbons (Fsp3) is 0.538. The van der Waals surface area contributed by atoms with Crippen molar-refractivity contribution in [2.24, 2.45) is 5.92 Å². The highest BCUT2D eigenvalue weighted by Crippen LogP contribution is 2.29. The number of hydrogen-bond donors (Lipinski definition) is 1. The Morgan fingerprint density at radius 1 is 1.33 bits per heavy atom. The first-order valence-electron chi connectivity index (χ1n) is 5.69. The molecule has 1 aliphatic rings. The van der Waals surface area contributed by atoms with Gasteiger partial charge in [-0.2, -0.15) is 0 Å². The van der Waals surface area contributed by atoms with Crippen molar-refractivity contribution in [3.05, 3.63) is 35.4 Å². The van der Waals surface area contributed by atoms with Gasteiger partial charge in [-0.3, -0.25) is 0 Å². The first-order chi connectivity index (χ1) is 7.25. The molecule has 1 N–H and O–H groups in total. The summed E-state index contributed by atoms with van der Waals surface area (Å²) in [6.45, 7) is 5.67. The lowest BCUT2D eigenvalue weighted by Gasteiger charge is -2.11. The molecule has 2 rings (SSSR count). The van der Waals surface area contributed by atoms with Gasteiger partial charge in [0.1, 0.15) is 0 Å². The van der Waals surface area contributed by atoms with Crippen LogP contribution in [0.4, 0.5) is 0 Å². The van der Waals surface area contributed by atoms with E-state index in [-0.39, 0.29) is 0 Å². The van der Waals surface area contributed by atoms with E-state index in [0.717, 1.165) is 12.5 Å². The Hall–Kier alpha value is -0.470. The van der Waals surface area contributed by atoms with Gasteiger partial charge in [0.2, 0.25) is 0 Å². The van der Waals surface area contributed by atoms with Crippen molar-refractivity contribution >= 4 is 11.8 Å². The Bertz CT molecular complexity index is 299. The monoisotopic (exact) mass is 221 g/mol. The molecule has 0 spiro atoms. The minimum absolute atomic E-state index is 0.526. The van der Waals surface area contributed by atoms with E-state index in [1.165, 1.54) is 23.3 Å². The molecular weight excluding hydrogens is 202 g/mol. The predicted octanol–water partition coefficient (Wildman–Crippen LogP) is 3.22. The molecule has 0 radical (unpaired) electrons. The molecule has 15 heavy (non-hydrogen) atoms. The summed E-state index contributed by atoms with van der Waals surface area (Å²) in [5.74, 6) is 1.98. The van der Waals surface area contributed by atoms with Crippen LogP contribution in [0.2, 0.25) is 0 Å². The second-order valence-corrected chi connectivity index (χ2v) is 5.76. The largest absolute Gasteiger partial charge is 0.301 e. The standard InChI is InChI=1S/C13H19NS/c1-10(2)9-11-3-5-12(6-4-11)13-14-7-8-15-13/h3-6,10,13-14H,7-9H2,1-2H3. The Labute approximate surface area is 96.7 Å².